The van der Waals surface area contributed by atoms with Crippen molar-refractivity contribution in [3.8, 4) is 0 Å². The minimum atomic E-state index is -0.0977. The maximum atomic E-state index is 14.3. The molecule has 0 atom stereocenters. The van der Waals surface area contributed by atoms with Crippen LogP contribution in [0.25, 0.3) is 10.1 Å². The summed E-state index contributed by atoms with van der Waals surface area (Å²) >= 11 is 1.71. The molecule has 0 aliphatic carbocycles. The lowest BCUT2D eigenvalue weighted by atomic mass is 10.1. The van der Waals surface area contributed by atoms with Gasteiger partial charge in [0.25, 0.3) is 0 Å². The monoisotopic (exact) mass is 308 g/mol. The molecule has 2 nitrogen and oxygen atoms in total. The molecule has 2 aromatic rings. The van der Waals surface area contributed by atoms with Gasteiger partial charge in [-0.2, -0.15) is 0 Å². The molecule has 0 aliphatic rings. The topological polar surface area (TPSA) is 15.3 Å². The predicted molar refractivity (Wildman–Crippen MR) is 90.4 cm³/mol. The normalized spacial score (nSPS) is 12.0. The maximum Gasteiger partial charge on any atom is 0.132 e. The van der Waals surface area contributed by atoms with E-state index < -0.39 is 0 Å². The number of benzene rings is 1. The minimum absolute atomic E-state index is 0.0977. The minimum Gasteiger partial charge on any atom is -0.310 e. The molecule has 0 amide bonds. The molecule has 0 saturated heterocycles. The van der Waals surface area contributed by atoms with Crippen LogP contribution in [0, 0.1) is 5.82 Å². The van der Waals surface area contributed by atoms with E-state index in [0.29, 0.717) is 6.04 Å². The van der Waals surface area contributed by atoms with Crippen LogP contribution >= 0.6 is 11.3 Å². The second kappa shape index (κ2) is 7.34. The highest BCUT2D eigenvalue weighted by atomic mass is 32.1. The summed E-state index contributed by atoms with van der Waals surface area (Å²) in [5.74, 6) is -0.0977. The number of nitrogens with one attached hydrogen (secondary N) is 1. The Kier molecular flexibility index (Phi) is 5.73. The molecule has 21 heavy (non-hydrogen) atoms. The van der Waals surface area contributed by atoms with Gasteiger partial charge in [-0.3, -0.25) is 0 Å². The van der Waals surface area contributed by atoms with E-state index in [4.69, 9.17) is 0 Å². The van der Waals surface area contributed by atoms with Gasteiger partial charge < -0.3 is 10.2 Å². The van der Waals surface area contributed by atoms with E-state index in [1.54, 1.807) is 23.5 Å². The third-order valence-corrected chi connectivity index (χ3v) is 4.75. The van der Waals surface area contributed by atoms with Crippen molar-refractivity contribution in [1.82, 2.24) is 10.2 Å². The van der Waals surface area contributed by atoms with Crippen molar-refractivity contribution in [2.24, 2.45) is 0 Å². The van der Waals surface area contributed by atoms with Crippen LogP contribution in [-0.4, -0.2) is 24.5 Å². The van der Waals surface area contributed by atoms with Crippen LogP contribution < -0.4 is 5.32 Å². The lowest BCUT2D eigenvalue weighted by Gasteiger charge is -2.17. The molecule has 0 unspecified atom stereocenters. The summed E-state index contributed by atoms with van der Waals surface area (Å²) in [6.07, 6.45) is 1.11. The fourth-order valence-corrected chi connectivity index (χ4v) is 3.73. The summed E-state index contributed by atoms with van der Waals surface area (Å²) in [5.41, 5.74) is 1.15. The van der Waals surface area contributed by atoms with Crippen molar-refractivity contribution in [2.75, 3.05) is 13.6 Å². The van der Waals surface area contributed by atoms with E-state index in [-0.39, 0.29) is 5.82 Å². The average molecular weight is 308 g/mol. The summed E-state index contributed by atoms with van der Waals surface area (Å²) in [4.78, 5) is 3.53. The number of nitrogens with zero attached hydrogens (tertiary/aromatic N) is 1. The molecule has 1 N–H and O–H groups in total. The number of hydrogen-bond donors (Lipinski definition) is 1. The molecule has 0 bridgehead atoms. The Labute approximate surface area is 131 Å². The third-order valence-electron chi connectivity index (χ3n) is 3.55. The van der Waals surface area contributed by atoms with Crippen LogP contribution in [0.5, 0.6) is 0 Å². The van der Waals surface area contributed by atoms with Gasteiger partial charge in [0.2, 0.25) is 0 Å². The molecule has 4 heteroatoms. The molecule has 116 valence electrons. The van der Waals surface area contributed by atoms with Gasteiger partial charge in [-0.25, -0.2) is 4.39 Å². The lowest BCUT2D eigenvalue weighted by molar-refractivity contribution is 0.327. The van der Waals surface area contributed by atoms with Crippen molar-refractivity contribution < 1.29 is 4.39 Å². The first-order chi connectivity index (χ1) is 10.0. The molecular weight excluding hydrogens is 283 g/mol. The molecule has 1 heterocycles. The van der Waals surface area contributed by atoms with Crippen LogP contribution in [0.15, 0.2) is 18.2 Å². The van der Waals surface area contributed by atoms with Crippen molar-refractivity contribution in [3.63, 3.8) is 0 Å². The van der Waals surface area contributed by atoms with Crippen LogP contribution in [0.2, 0.25) is 0 Å². The van der Waals surface area contributed by atoms with Gasteiger partial charge in [-0.05, 0) is 37.7 Å². The first kappa shape index (κ1) is 16.4. The van der Waals surface area contributed by atoms with Gasteiger partial charge >= 0.3 is 0 Å². The molecule has 0 radical (unpaired) electrons. The standard InChI is InChI=1S/C17H25FN2S/c1-5-9-20(4)11-13-16(10-19-12(2)3)21-15-8-6-7-14(18)17(13)15/h6-8,12,19H,5,9-11H2,1-4H3. The number of rotatable bonds is 7. The summed E-state index contributed by atoms with van der Waals surface area (Å²) in [7, 11) is 2.10. The summed E-state index contributed by atoms with van der Waals surface area (Å²) in [6, 6.07) is 5.82. The van der Waals surface area contributed by atoms with Crippen molar-refractivity contribution in [3.05, 3.63) is 34.5 Å². The van der Waals surface area contributed by atoms with Gasteiger partial charge in [0.15, 0.2) is 0 Å². The molecule has 0 saturated carbocycles. The first-order valence-electron chi connectivity index (χ1n) is 7.63. The molecule has 1 aromatic carbocycles. The lowest BCUT2D eigenvalue weighted by Crippen LogP contribution is -2.23. The fraction of sp³-hybridized carbons (Fsp3) is 0.529. The SMILES string of the molecule is CCCN(C)Cc1c(CNC(C)C)sc2cccc(F)c12. The van der Waals surface area contributed by atoms with Crippen LogP contribution in [0.1, 0.15) is 37.6 Å². The molecule has 0 aliphatic heterocycles. The van der Waals surface area contributed by atoms with Crippen molar-refractivity contribution in [1.29, 1.82) is 0 Å². The maximum absolute atomic E-state index is 14.3. The van der Waals surface area contributed by atoms with Crippen molar-refractivity contribution in [2.45, 2.75) is 46.3 Å². The molecule has 2 rings (SSSR count). The summed E-state index contributed by atoms with van der Waals surface area (Å²) < 4.78 is 15.3. The van der Waals surface area contributed by atoms with Crippen LogP contribution in [0.4, 0.5) is 4.39 Å². The third kappa shape index (κ3) is 4.02. The number of halogens is 1. The van der Waals surface area contributed by atoms with Gasteiger partial charge in [-0.15, -0.1) is 11.3 Å². The summed E-state index contributed by atoms with van der Waals surface area (Å²) in [5, 5.41) is 4.27. The number of hydrogen-bond acceptors (Lipinski definition) is 3. The smallest absolute Gasteiger partial charge is 0.132 e. The van der Waals surface area contributed by atoms with E-state index in [1.165, 1.54) is 4.88 Å². The zero-order valence-electron chi connectivity index (χ0n) is 13.4. The zero-order chi connectivity index (χ0) is 15.4. The molecule has 0 fully saturated rings. The van der Waals surface area contributed by atoms with Gasteiger partial charge in [0.1, 0.15) is 5.82 Å². The highest BCUT2D eigenvalue weighted by Crippen LogP contribution is 2.34. The second-order valence-corrected chi connectivity index (χ2v) is 7.03. The van der Waals surface area contributed by atoms with E-state index in [1.807, 2.05) is 6.07 Å². The largest absolute Gasteiger partial charge is 0.310 e. The zero-order valence-corrected chi connectivity index (χ0v) is 14.2. The Morgan fingerprint density at radius 1 is 1.33 bits per heavy atom. The van der Waals surface area contributed by atoms with Crippen LogP contribution in [-0.2, 0) is 13.1 Å². The Balaban J connectivity index is 2.38. The summed E-state index contributed by atoms with van der Waals surface area (Å²) in [6.45, 7) is 9.09. The van der Waals surface area contributed by atoms with Crippen LogP contribution in [0.3, 0.4) is 0 Å². The van der Waals surface area contributed by atoms with Gasteiger partial charge in [-0.1, -0.05) is 26.8 Å². The van der Waals surface area contributed by atoms with E-state index >= 15 is 0 Å². The number of fused-ring (bicyclic) bond motifs is 1. The quantitative estimate of drug-likeness (QED) is 0.816. The molecule has 1 aromatic heterocycles. The highest BCUT2D eigenvalue weighted by molar-refractivity contribution is 7.19. The number of thiophene rings is 1. The van der Waals surface area contributed by atoms with E-state index in [0.717, 1.165) is 41.7 Å². The average Bonchev–Trinajstić information content (AvgIpc) is 2.76. The predicted octanol–water partition coefficient (Wildman–Crippen LogP) is 4.38. The van der Waals surface area contributed by atoms with Crippen molar-refractivity contribution >= 4 is 21.4 Å². The molecule has 0 spiro atoms. The van der Waals surface area contributed by atoms with Gasteiger partial charge in [0, 0.05) is 34.1 Å². The highest BCUT2D eigenvalue weighted by Gasteiger charge is 2.16. The Morgan fingerprint density at radius 3 is 2.76 bits per heavy atom. The van der Waals surface area contributed by atoms with E-state index in [9.17, 15) is 4.39 Å². The fourth-order valence-electron chi connectivity index (χ4n) is 2.55. The Hall–Kier alpha value is -0.970. The van der Waals surface area contributed by atoms with Gasteiger partial charge in [0.05, 0.1) is 0 Å². The molecular formula is C17H25FN2S. The Bertz CT molecular complexity index is 592. The second-order valence-electron chi connectivity index (χ2n) is 5.89. The Morgan fingerprint density at radius 2 is 2.10 bits per heavy atom. The van der Waals surface area contributed by atoms with E-state index in [2.05, 4.69) is 38.0 Å². The first-order valence-corrected chi connectivity index (χ1v) is 8.45.